The van der Waals surface area contributed by atoms with Crippen LogP contribution in [0.25, 0.3) is 11.4 Å². The molecule has 0 radical (unpaired) electrons. The molecule has 2 atom stereocenters. The molecule has 1 aromatic carbocycles. The molecule has 1 amide bonds. The second kappa shape index (κ2) is 9.92. The molecule has 2 aromatic heterocycles. The van der Waals surface area contributed by atoms with Crippen molar-refractivity contribution in [3.05, 3.63) is 65.2 Å². The third-order valence-electron chi connectivity index (χ3n) is 5.81. The van der Waals surface area contributed by atoms with Crippen molar-refractivity contribution in [3.63, 3.8) is 0 Å². The minimum atomic E-state index is -4.59. The van der Waals surface area contributed by atoms with Gasteiger partial charge < -0.3 is 10.2 Å². The van der Waals surface area contributed by atoms with Crippen molar-refractivity contribution in [2.45, 2.75) is 31.5 Å². The van der Waals surface area contributed by atoms with Gasteiger partial charge >= 0.3 is 6.18 Å². The highest BCUT2D eigenvalue weighted by molar-refractivity contribution is 6.31. The summed E-state index contributed by atoms with van der Waals surface area (Å²) in [5, 5.41) is 2.99. The van der Waals surface area contributed by atoms with E-state index in [0.29, 0.717) is 18.0 Å². The van der Waals surface area contributed by atoms with E-state index in [1.807, 2.05) is 0 Å². The number of aromatic nitrogens is 4. The second-order valence-electron chi connectivity index (χ2n) is 8.47. The fourth-order valence-corrected chi connectivity index (χ4v) is 4.29. The summed E-state index contributed by atoms with van der Waals surface area (Å²) in [6, 6.07) is 5.31. The van der Waals surface area contributed by atoms with Crippen molar-refractivity contribution >= 4 is 23.5 Å². The lowest BCUT2D eigenvalue weighted by atomic mass is 9.87. The van der Waals surface area contributed by atoms with Gasteiger partial charge in [0, 0.05) is 48.3 Å². The molecule has 3 heterocycles. The third-order valence-corrected chi connectivity index (χ3v) is 6.04. The van der Waals surface area contributed by atoms with Crippen LogP contribution < -0.4 is 5.32 Å². The van der Waals surface area contributed by atoms with Gasteiger partial charge in [-0.05, 0) is 30.2 Å². The van der Waals surface area contributed by atoms with Gasteiger partial charge in [-0.3, -0.25) is 4.79 Å². The number of hydrogen-bond donors (Lipinski definition) is 1. The van der Waals surface area contributed by atoms with Crippen LogP contribution in [0.4, 0.5) is 27.9 Å². The number of carbonyl (C=O) groups excluding carboxylic acids is 1. The average molecular weight is 527 g/mol. The summed E-state index contributed by atoms with van der Waals surface area (Å²) in [4.78, 5) is 30.3. The quantitative estimate of drug-likeness (QED) is 0.460. The molecule has 1 N–H and O–H groups in total. The molecule has 190 valence electrons. The van der Waals surface area contributed by atoms with Gasteiger partial charge in [0.25, 0.3) is 11.8 Å². The van der Waals surface area contributed by atoms with Gasteiger partial charge in [-0.15, -0.1) is 0 Å². The van der Waals surface area contributed by atoms with Crippen LogP contribution in [0.1, 0.15) is 29.3 Å². The first-order chi connectivity index (χ1) is 16.9. The van der Waals surface area contributed by atoms with Gasteiger partial charge in [0.05, 0.1) is 23.7 Å². The zero-order chi connectivity index (χ0) is 26.1. The van der Waals surface area contributed by atoms with Crippen LogP contribution in [-0.4, -0.2) is 55.8 Å². The predicted octanol–water partition coefficient (Wildman–Crippen LogP) is 5.20. The molecule has 36 heavy (non-hydrogen) atoms. The molecule has 1 aliphatic heterocycles. The Balaban J connectivity index is 1.63. The largest absolute Gasteiger partial charge is 0.419 e. The standard InChI is InChI=1S/C23H20ClF5N6O/c1-13-8-22(25,26)12-35(18(13)11-34-21-32-9-14(10-33-21)23(27,28)29)20(36)17-7-15(24)3-4-16(17)19-30-5-2-6-31-19/h2-7,9-10,13,18H,8,11-12H2,1H3,(H,32,33,34). The SMILES string of the molecule is CC1CC(F)(F)CN(C(=O)c2cc(Cl)ccc2-c2ncccn2)C1CNc1ncc(C(F)(F)F)cn1. The molecule has 0 aliphatic carbocycles. The Bertz CT molecular complexity index is 1230. The van der Waals surface area contributed by atoms with E-state index in [-0.39, 0.29) is 28.9 Å². The summed E-state index contributed by atoms with van der Waals surface area (Å²) in [6.07, 6.45) is -0.856. The van der Waals surface area contributed by atoms with E-state index in [9.17, 15) is 26.7 Å². The number of piperidine rings is 1. The Kier molecular flexibility index (Phi) is 7.07. The van der Waals surface area contributed by atoms with E-state index in [4.69, 9.17) is 11.6 Å². The summed E-state index contributed by atoms with van der Waals surface area (Å²) in [7, 11) is 0. The van der Waals surface area contributed by atoms with Gasteiger partial charge in [-0.25, -0.2) is 28.7 Å². The summed E-state index contributed by atoms with van der Waals surface area (Å²) in [6.45, 7) is 0.663. The number of anilines is 1. The zero-order valence-electron chi connectivity index (χ0n) is 18.8. The van der Waals surface area contributed by atoms with Gasteiger partial charge in [0.15, 0.2) is 5.82 Å². The van der Waals surface area contributed by atoms with Gasteiger partial charge in [0.1, 0.15) is 0 Å². The van der Waals surface area contributed by atoms with Gasteiger partial charge in [-0.2, -0.15) is 13.2 Å². The van der Waals surface area contributed by atoms with Gasteiger partial charge in [-0.1, -0.05) is 18.5 Å². The maximum absolute atomic E-state index is 14.6. The molecule has 3 aromatic rings. The molecule has 1 aliphatic rings. The minimum Gasteiger partial charge on any atom is -0.352 e. The van der Waals surface area contributed by atoms with E-state index in [1.165, 1.54) is 18.5 Å². The first kappa shape index (κ1) is 25.7. The minimum absolute atomic E-state index is 0.0504. The normalized spacial score (nSPS) is 19.7. The highest BCUT2D eigenvalue weighted by Gasteiger charge is 2.46. The Morgan fingerprint density at radius 3 is 2.47 bits per heavy atom. The molecule has 4 rings (SSSR count). The van der Waals surface area contributed by atoms with Crippen molar-refractivity contribution < 1.29 is 26.7 Å². The van der Waals surface area contributed by atoms with E-state index in [0.717, 1.165) is 4.90 Å². The summed E-state index contributed by atoms with van der Waals surface area (Å²) in [5.41, 5.74) is -0.647. The first-order valence-electron chi connectivity index (χ1n) is 10.8. The highest BCUT2D eigenvalue weighted by Crippen LogP contribution is 2.36. The molecule has 1 fully saturated rings. The molecule has 2 unspecified atom stereocenters. The van der Waals surface area contributed by atoms with Crippen LogP contribution >= 0.6 is 11.6 Å². The predicted molar refractivity (Wildman–Crippen MR) is 122 cm³/mol. The van der Waals surface area contributed by atoms with Crippen LogP contribution in [0.5, 0.6) is 0 Å². The monoisotopic (exact) mass is 526 g/mol. The summed E-state index contributed by atoms with van der Waals surface area (Å²) < 4.78 is 67.5. The second-order valence-corrected chi connectivity index (χ2v) is 8.91. The number of rotatable bonds is 5. The molecule has 7 nitrogen and oxygen atoms in total. The summed E-state index contributed by atoms with van der Waals surface area (Å²) in [5.74, 6) is -4.40. The maximum atomic E-state index is 14.6. The number of nitrogens with one attached hydrogen (secondary N) is 1. The van der Waals surface area contributed by atoms with Crippen molar-refractivity contribution in [1.82, 2.24) is 24.8 Å². The van der Waals surface area contributed by atoms with Crippen molar-refractivity contribution in [2.75, 3.05) is 18.4 Å². The number of amides is 1. The van der Waals surface area contributed by atoms with Crippen molar-refractivity contribution in [2.24, 2.45) is 5.92 Å². The number of likely N-dealkylation sites (tertiary alicyclic amines) is 1. The van der Waals surface area contributed by atoms with E-state index < -0.39 is 48.5 Å². The van der Waals surface area contributed by atoms with E-state index >= 15 is 0 Å². The number of hydrogen-bond acceptors (Lipinski definition) is 6. The third kappa shape index (κ3) is 5.69. The highest BCUT2D eigenvalue weighted by atomic mass is 35.5. The van der Waals surface area contributed by atoms with Crippen LogP contribution in [0, 0.1) is 5.92 Å². The number of carbonyl (C=O) groups is 1. The van der Waals surface area contributed by atoms with Crippen LogP contribution in [-0.2, 0) is 6.18 Å². The number of alkyl halides is 5. The van der Waals surface area contributed by atoms with E-state index in [2.05, 4.69) is 25.3 Å². The Morgan fingerprint density at radius 1 is 1.17 bits per heavy atom. The smallest absolute Gasteiger partial charge is 0.352 e. The fraction of sp³-hybridized carbons (Fsp3) is 0.348. The van der Waals surface area contributed by atoms with Crippen LogP contribution in [0.2, 0.25) is 5.02 Å². The average Bonchev–Trinajstić information content (AvgIpc) is 2.82. The van der Waals surface area contributed by atoms with E-state index in [1.54, 1.807) is 25.1 Å². The molecule has 0 spiro atoms. The van der Waals surface area contributed by atoms with Crippen molar-refractivity contribution in [1.29, 1.82) is 0 Å². The lowest BCUT2D eigenvalue weighted by Crippen LogP contribution is -2.57. The molecule has 0 saturated carbocycles. The lowest BCUT2D eigenvalue weighted by Gasteiger charge is -2.43. The number of halogens is 6. The Hall–Kier alpha value is -3.41. The van der Waals surface area contributed by atoms with Gasteiger partial charge in [0.2, 0.25) is 5.95 Å². The lowest BCUT2D eigenvalue weighted by molar-refractivity contribution is -0.138. The molecule has 0 bridgehead atoms. The molecule has 13 heteroatoms. The Labute approximate surface area is 207 Å². The Morgan fingerprint density at radius 2 is 1.83 bits per heavy atom. The fourth-order valence-electron chi connectivity index (χ4n) is 4.12. The molecular formula is C23H20ClF5N6O. The first-order valence-corrected chi connectivity index (χ1v) is 11.2. The number of benzene rings is 1. The topological polar surface area (TPSA) is 83.9 Å². The number of nitrogens with zero attached hydrogens (tertiary/aromatic N) is 5. The molecular weight excluding hydrogens is 507 g/mol. The summed E-state index contributed by atoms with van der Waals surface area (Å²) >= 11 is 6.13. The van der Waals surface area contributed by atoms with Crippen LogP contribution in [0.3, 0.4) is 0 Å². The maximum Gasteiger partial charge on any atom is 0.419 e. The van der Waals surface area contributed by atoms with Crippen molar-refractivity contribution in [3.8, 4) is 11.4 Å². The molecule has 1 saturated heterocycles. The van der Waals surface area contributed by atoms with Crippen LogP contribution in [0.15, 0.2) is 49.1 Å². The zero-order valence-corrected chi connectivity index (χ0v) is 19.6.